The zero-order valence-electron chi connectivity index (χ0n) is 14.5. The van der Waals surface area contributed by atoms with Crippen LogP contribution < -0.4 is 5.32 Å². The third-order valence-electron chi connectivity index (χ3n) is 3.68. The Labute approximate surface area is 146 Å². The summed E-state index contributed by atoms with van der Waals surface area (Å²) in [5.74, 6) is -0.196. The second-order valence-electron chi connectivity index (χ2n) is 6.15. The van der Waals surface area contributed by atoms with Crippen LogP contribution >= 0.6 is 11.3 Å². The smallest absolute Gasteiger partial charge is 0.226 e. The van der Waals surface area contributed by atoms with E-state index in [1.807, 2.05) is 56.4 Å². The number of amides is 1. The predicted octanol–water partition coefficient (Wildman–Crippen LogP) is 3.42. The number of nitrogens with one attached hydrogen (secondary N) is 1. The molecule has 1 aromatic heterocycles. The molecule has 0 unspecified atom stereocenters. The highest BCUT2D eigenvalue weighted by Crippen LogP contribution is 2.17. The fraction of sp³-hybridized carbons (Fsp3) is 0.389. The predicted molar refractivity (Wildman–Crippen MR) is 97.6 cm³/mol. The summed E-state index contributed by atoms with van der Waals surface area (Å²) < 4.78 is 0. The highest BCUT2D eigenvalue weighted by molar-refractivity contribution is 7.13. The van der Waals surface area contributed by atoms with Crippen LogP contribution in [0.3, 0.4) is 0 Å². The molecule has 6 heteroatoms. The number of hydrogen-bond donors (Lipinski definition) is 1. The van der Waals surface area contributed by atoms with Crippen molar-refractivity contribution in [3.8, 4) is 0 Å². The third-order valence-corrected chi connectivity index (χ3v) is 4.49. The molecule has 0 atom stereocenters. The maximum absolute atomic E-state index is 12.2. The van der Waals surface area contributed by atoms with Crippen LogP contribution in [0.15, 0.2) is 23.6 Å². The minimum atomic E-state index is -0.182. The summed E-state index contributed by atoms with van der Waals surface area (Å²) in [6, 6.07) is 5.63. The average Bonchev–Trinajstić information content (AvgIpc) is 2.93. The van der Waals surface area contributed by atoms with Crippen molar-refractivity contribution < 1.29 is 9.59 Å². The van der Waals surface area contributed by atoms with E-state index in [0.29, 0.717) is 10.7 Å². The Balaban J connectivity index is 1.85. The lowest BCUT2D eigenvalue weighted by Crippen LogP contribution is -2.14. The van der Waals surface area contributed by atoms with Crippen LogP contribution in [0.25, 0.3) is 0 Å². The summed E-state index contributed by atoms with van der Waals surface area (Å²) in [6.45, 7) is 4.72. The fourth-order valence-corrected chi connectivity index (χ4v) is 2.95. The molecular formula is C18H23N3O2S. The molecule has 1 heterocycles. The first-order chi connectivity index (χ1) is 11.3. The van der Waals surface area contributed by atoms with Crippen molar-refractivity contribution >= 4 is 28.2 Å². The van der Waals surface area contributed by atoms with Gasteiger partial charge in [0.1, 0.15) is 0 Å². The van der Waals surface area contributed by atoms with Gasteiger partial charge in [-0.3, -0.25) is 9.59 Å². The molecule has 0 aliphatic carbocycles. The maximum Gasteiger partial charge on any atom is 0.226 e. The van der Waals surface area contributed by atoms with Gasteiger partial charge in [0.25, 0.3) is 0 Å². The monoisotopic (exact) mass is 345 g/mol. The molecule has 0 fully saturated rings. The number of Topliss-reactive ketones (excluding diaryl/α,β-unsaturated/α-hetero) is 1. The second kappa shape index (κ2) is 8.17. The van der Waals surface area contributed by atoms with Gasteiger partial charge in [-0.05, 0) is 45.1 Å². The summed E-state index contributed by atoms with van der Waals surface area (Å²) in [7, 11) is 3.94. The van der Waals surface area contributed by atoms with E-state index in [2.05, 4.69) is 10.3 Å². The number of benzene rings is 1. The summed E-state index contributed by atoms with van der Waals surface area (Å²) in [4.78, 5) is 30.6. The van der Waals surface area contributed by atoms with Crippen LogP contribution in [0.4, 0.5) is 5.13 Å². The van der Waals surface area contributed by atoms with E-state index in [1.54, 1.807) is 0 Å². The SMILES string of the molecule is Cc1ccc(C(=O)CCC(=O)Nc2nc(CN(C)C)cs2)cc1C. The lowest BCUT2D eigenvalue weighted by Gasteiger charge is -2.06. The van der Waals surface area contributed by atoms with Crippen molar-refractivity contribution in [2.75, 3.05) is 19.4 Å². The molecular weight excluding hydrogens is 322 g/mol. The minimum Gasteiger partial charge on any atom is -0.304 e. The molecule has 5 nitrogen and oxygen atoms in total. The number of aromatic nitrogens is 1. The van der Waals surface area contributed by atoms with E-state index in [-0.39, 0.29) is 24.5 Å². The highest BCUT2D eigenvalue weighted by atomic mass is 32.1. The molecule has 1 N–H and O–H groups in total. The summed E-state index contributed by atoms with van der Waals surface area (Å²) >= 11 is 1.40. The van der Waals surface area contributed by atoms with Gasteiger partial charge < -0.3 is 10.2 Å². The van der Waals surface area contributed by atoms with Crippen LogP contribution in [0.2, 0.25) is 0 Å². The van der Waals surface area contributed by atoms with E-state index < -0.39 is 0 Å². The molecule has 2 aromatic rings. The van der Waals surface area contributed by atoms with Gasteiger partial charge in [0, 0.05) is 30.3 Å². The van der Waals surface area contributed by atoms with E-state index in [0.717, 1.165) is 23.4 Å². The van der Waals surface area contributed by atoms with Crippen LogP contribution in [0.1, 0.15) is 40.0 Å². The fourth-order valence-electron chi connectivity index (χ4n) is 2.23. The first-order valence-corrected chi connectivity index (χ1v) is 8.72. The maximum atomic E-state index is 12.2. The Bertz CT molecular complexity index is 738. The molecule has 1 amide bonds. The van der Waals surface area contributed by atoms with Gasteiger partial charge in [-0.2, -0.15) is 0 Å². The van der Waals surface area contributed by atoms with Gasteiger partial charge in [0.05, 0.1) is 5.69 Å². The third kappa shape index (κ3) is 5.25. The number of hydrogen-bond acceptors (Lipinski definition) is 5. The van der Waals surface area contributed by atoms with Crippen molar-refractivity contribution in [1.82, 2.24) is 9.88 Å². The number of rotatable bonds is 7. The van der Waals surface area contributed by atoms with Crippen LogP contribution in [-0.2, 0) is 11.3 Å². The molecule has 0 spiro atoms. The zero-order chi connectivity index (χ0) is 17.7. The van der Waals surface area contributed by atoms with Gasteiger partial charge in [-0.25, -0.2) is 4.98 Å². The van der Waals surface area contributed by atoms with Gasteiger partial charge in [-0.1, -0.05) is 12.1 Å². The lowest BCUT2D eigenvalue weighted by molar-refractivity contribution is -0.116. The van der Waals surface area contributed by atoms with Crippen LogP contribution in [-0.4, -0.2) is 35.7 Å². The van der Waals surface area contributed by atoms with Crippen molar-refractivity contribution in [3.63, 3.8) is 0 Å². The standard InChI is InChI=1S/C18H23N3O2S/c1-12-5-6-14(9-13(12)2)16(22)7-8-17(23)20-18-19-15(11-24-18)10-21(3)4/h5-6,9,11H,7-8,10H2,1-4H3,(H,19,20,23). The number of anilines is 1. The van der Waals surface area contributed by atoms with E-state index in [4.69, 9.17) is 0 Å². The first kappa shape index (κ1) is 18.3. The lowest BCUT2D eigenvalue weighted by atomic mass is 10.0. The van der Waals surface area contributed by atoms with E-state index in [9.17, 15) is 9.59 Å². The highest BCUT2D eigenvalue weighted by Gasteiger charge is 2.12. The number of carbonyl (C=O) groups is 2. The Kier molecular flexibility index (Phi) is 6.23. The molecule has 0 saturated heterocycles. The summed E-state index contributed by atoms with van der Waals surface area (Å²) in [6.07, 6.45) is 0.360. The number of nitrogens with zero attached hydrogens (tertiary/aromatic N) is 2. The van der Waals surface area contributed by atoms with Crippen molar-refractivity contribution in [1.29, 1.82) is 0 Å². The van der Waals surface area contributed by atoms with E-state index >= 15 is 0 Å². The number of ketones is 1. The Morgan fingerprint density at radius 2 is 1.92 bits per heavy atom. The minimum absolute atomic E-state index is 0.0133. The van der Waals surface area contributed by atoms with Gasteiger partial charge in [-0.15, -0.1) is 11.3 Å². The van der Waals surface area contributed by atoms with Gasteiger partial charge >= 0.3 is 0 Å². The van der Waals surface area contributed by atoms with E-state index in [1.165, 1.54) is 11.3 Å². The van der Waals surface area contributed by atoms with Gasteiger partial charge in [0.2, 0.25) is 5.91 Å². The van der Waals surface area contributed by atoms with Crippen LogP contribution in [0.5, 0.6) is 0 Å². The number of aryl methyl sites for hydroxylation is 2. The quantitative estimate of drug-likeness (QED) is 0.781. The number of carbonyl (C=O) groups excluding carboxylic acids is 2. The molecule has 0 aliphatic heterocycles. The summed E-state index contributed by atoms with van der Waals surface area (Å²) in [5, 5.41) is 5.27. The Hall–Kier alpha value is -2.05. The largest absolute Gasteiger partial charge is 0.304 e. The molecule has 0 saturated carbocycles. The molecule has 0 radical (unpaired) electrons. The molecule has 1 aromatic carbocycles. The normalized spacial score (nSPS) is 10.9. The second-order valence-corrected chi connectivity index (χ2v) is 7.01. The molecule has 128 valence electrons. The molecule has 0 aliphatic rings. The topological polar surface area (TPSA) is 62.3 Å². The Morgan fingerprint density at radius 3 is 2.58 bits per heavy atom. The molecule has 0 bridgehead atoms. The summed E-state index contributed by atoms with van der Waals surface area (Å²) in [5.41, 5.74) is 3.82. The number of thiazole rings is 1. The molecule has 24 heavy (non-hydrogen) atoms. The van der Waals surface area contributed by atoms with Gasteiger partial charge in [0.15, 0.2) is 10.9 Å². The zero-order valence-corrected chi connectivity index (χ0v) is 15.4. The van der Waals surface area contributed by atoms with Crippen LogP contribution in [0, 0.1) is 13.8 Å². The average molecular weight is 345 g/mol. The van der Waals surface area contributed by atoms with Crippen molar-refractivity contribution in [2.45, 2.75) is 33.2 Å². The van der Waals surface area contributed by atoms with Crippen molar-refractivity contribution in [3.05, 3.63) is 46.0 Å². The Morgan fingerprint density at radius 1 is 1.17 bits per heavy atom. The van der Waals surface area contributed by atoms with Crippen molar-refractivity contribution in [2.24, 2.45) is 0 Å². The first-order valence-electron chi connectivity index (χ1n) is 7.84. The molecule has 2 rings (SSSR count).